The predicted octanol–water partition coefficient (Wildman–Crippen LogP) is 3.31. The van der Waals surface area contributed by atoms with Crippen molar-refractivity contribution in [1.29, 1.82) is 0 Å². The van der Waals surface area contributed by atoms with Gasteiger partial charge < -0.3 is 11.1 Å². The summed E-state index contributed by atoms with van der Waals surface area (Å²) in [5.74, 6) is -0.144. The molecule has 0 fully saturated rings. The zero-order valence-corrected chi connectivity index (χ0v) is 13.3. The number of nitrogens with two attached hydrogens (primary N) is 1. The lowest BCUT2D eigenvalue weighted by molar-refractivity contribution is -0.125. The number of carbonyl (C=O) groups is 1. The second kappa shape index (κ2) is 7.13. The van der Waals surface area contributed by atoms with Gasteiger partial charge in [0.1, 0.15) is 0 Å². The highest BCUT2D eigenvalue weighted by atomic mass is 35.5. The Bertz CT molecular complexity index is 430. The minimum absolute atomic E-state index is 0. The maximum atomic E-state index is 12.0. The van der Waals surface area contributed by atoms with Gasteiger partial charge in [-0.25, -0.2) is 0 Å². The first kappa shape index (κ1) is 18.2. The van der Waals surface area contributed by atoms with Crippen LogP contribution in [0.4, 0.5) is 0 Å². The number of hydrogen-bond acceptors (Lipinski definition) is 2. The van der Waals surface area contributed by atoms with Crippen LogP contribution < -0.4 is 11.1 Å². The van der Waals surface area contributed by atoms with E-state index in [1.807, 2.05) is 45.9 Å². The first-order valence-electron chi connectivity index (χ1n) is 6.03. The van der Waals surface area contributed by atoms with Gasteiger partial charge in [0.15, 0.2) is 0 Å². The van der Waals surface area contributed by atoms with Crippen molar-refractivity contribution in [2.45, 2.75) is 39.8 Å². The highest BCUT2D eigenvalue weighted by Crippen LogP contribution is 2.20. The van der Waals surface area contributed by atoms with Crippen LogP contribution in [0.3, 0.4) is 0 Å². The first-order chi connectivity index (χ1) is 8.21. The van der Waals surface area contributed by atoms with E-state index in [1.54, 1.807) is 6.07 Å². The Balaban J connectivity index is 0.00000324. The molecule has 1 aromatic carbocycles. The minimum atomic E-state index is -0.529. The molecule has 0 saturated carbocycles. The third kappa shape index (κ3) is 5.39. The molecule has 2 atom stereocenters. The molecule has 0 aliphatic rings. The number of nitrogens with one attached hydrogen (secondary N) is 1. The Hall–Kier alpha value is -0.770. The SMILES string of the molecule is C[C@@H](NC(=O)[C@@H](N)C(C)(C)C)c1cccc(Cl)c1.Cl. The average molecular weight is 305 g/mol. The molecule has 0 bridgehead atoms. The van der Waals surface area contributed by atoms with Crippen molar-refractivity contribution in [3.63, 3.8) is 0 Å². The summed E-state index contributed by atoms with van der Waals surface area (Å²) in [7, 11) is 0. The molecule has 3 nitrogen and oxygen atoms in total. The number of benzene rings is 1. The molecule has 1 aromatic rings. The summed E-state index contributed by atoms with van der Waals surface area (Å²) in [6.45, 7) is 7.75. The zero-order chi connectivity index (χ0) is 13.9. The van der Waals surface area contributed by atoms with Crippen molar-refractivity contribution in [1.82, 2.24) is 5.32 Å². The molecule has 5 heteroatoms. The van der Waals surface area contributed by atoms with E-state index < -0.39 is 6.04 Å². The minimum Gasteiger partial charge on any atom is -0.348 e. The highest BCUT2D eigenvalue weighted by molar-refractivity contribution is 6.30. The van der Waals surface area contributed by atoms with Crippen LogP contribution >= 0.6 is 24.0 Å². The van der Waals surface area contributed by atoms with Gasteiger partial charge in [-0.05, 0) is 30.0 Å². The molecule has 0 unspecified atom stereocenters. The molecular formula is C14H22Cl2N2O. The van der Waals surface area contributed by atoms with E-state index in [-0.39, 0.29) is 29.8 Å². The van der Waals surface area contributed by atoms with Crippen LogP contribution in [-0.2, 0) is 4.79 Å². The molecule has 0 aliphatic carbocycles. The van der Waals surface area contributed by atoms with Crippen LogP contribution in [0.1, 0.15) is 39.3 Å². The second-order valence-electron chi connectivity index (χ2n) is 5.63. The van der Waals surface area contributed by atoms with Gasteiger partial charge in [0, 0.05) is 5.02 Å². The van der Waals surface area contributed by atoms with Crippen LogP contribution in [0.2, 0.25) is 5.02 Å². The largest absolute Gasteiger partial charge is 0.348 e. The van der Waals surface area contributed by atoms with Gasteiger partial charge in [-0.1, -0.05) is 44.5 Å². The first-order valence-corrected chi connectivity index (χ1v) is 6.41. The maximum absolute atomic E-state index is 12.0. The van der Waals surface area contributed by atoms with Crippen LogP contribution in [0.25, 0.3) is 0 Å². The van der Waals surface area contributed by atoms with Crippen LogP contribution in [0.5, 0.6) is 0 Å². The Morgan fingerprint density at radius 1 is 1.37 bits per heavy atom. The lowest BCUT2D eigenvalue weighted by Crippen LogP contribution is -2.49. The Labute approximate surface area is 126 Å². The van der Waals surface area contributed by atoms with Crippen molar-refractivity contribution < 1.29 is 4.79 Å². The van der Waals surface area contributed by atoms with Crippen molar-refractivity contribution in [2.24, 2.45) is 11.1 Å². The molecule has 0 aliphatic heterocycles. The van der Waals surface area contributed by atoms with Gasteiger partial charge in [-0.15, -0.1) is 12.4 Å². The van der Waals surface area contributed by atoms with Gasteiger partial charge in [0.2, 0.25) is 5.91 Å². The second-order valence-corrected chi connectivity index (χ2v) is 6.07. The molecule has 19 heavy (non-hydrogen) atoms. The normalized spacial score (nSPS) is 14.2. The standard InChI is InChI=1S/C14H21ClN2O.ClH/c1-9(10-6-5-7-11(15)8-10)17-13(18)12(16)14(2,3)4;/h5-9,12H,16H2,1-4H3,(H,17,18);1H/t9-,12-;/m1./s1. The van der Waals surface area contributed by atoms with Crippen LogP contribution in [-0.4, -0.2) is 11.9 Å². The quantitative estimate of drug-likeness (QED) is 0.900. The Morgan fingerprint density at radius 3 is 2.42 bits per heavy atom. The van der Waals surface area contributed by atoms with E-state index in [2.05, 4.69) is 5.32 Å². The van der Waals surface area contributed by atoms with Gasteiger partial charge in [0.25, 0.3) is 0 Å². The van der Waals surface area contributed by atoms with Gasteiger partial charge in [-0.3, -0.25) is 4.79 Å². The Morgan fingerprint density at radius 2 is 1.95 bits per heavy atom. The number of halogens is 2. The monoisotopic (exact) mass is 304 g/mol. The fourth-order valence-electron chi connectivity index (χ4n) is 1.56. The fourth-order valence-corrected chi connectivity index (χ4v) is 1.75. The van der Waals surface area contributed by atoms with Crippen molar-refractivity contribution in [3.8, 4) is 0 Å². The zero-order valence-electron chi connectivity index (χ0n) is 11.7. The third-order valence-corrected chi connectivity index (χ3v) is 3.16. The van der Waals surface area contributed by atoms with Gasteiger partial charge in [0.05, 0.1) is 12.1 Å². The third-order valence-electron chi connectivity index (χ3n) is 2.92. The van der Waals surface area contributed by atoms with Crippen LogP contribution in [0, 0.1) is 5.41 Å². The van der Waals surface area contributed by atoms with Crippen LogP contribution in [0.15, 0.2) is 24.3 Å². The molecule has 0 heterocycles. The summed E-state index contributed by atoms with van der Waals surface area (Å²) in [4.78, 5) is 12.0. The molecule has 0 spiro atoms. The number of rotatable bonds is 3. The maximum Gasteiger partial charge on any atom is 0.237 e. The molecular weight excluding hydrogens is 283 g/mol. The summed E-state index contributed by atoms with van der Waals surface area (Å²) >= 11 is 5.92. The number of carbonyl (C=O) groups excluding carboxylic acids is 1. The molecule has 0 radical (unpaired) electrons. The van der Waals surface area contributed by atoms with E-state index in [9.17, 15) is 4.79 Å². The van der Waals surface area contributed by atoms with E-state index in [1.165, 1.54) is 0 Å². The molecule has 3 N–H and O–H groups in total. The summed E-state index contributed by atoms with van der Waals surface area (Å²) in [5.41, 5.74) is 6.63. The molecule has 0 saturated heterocycles. The van der Waals surface area contributed by atoms with Crippen molar-refractivity contribution in [2.75, 3.05) is 0 Å². The Kier molecular flexibility index (Phi) is 6.84. The van der Waals surface area contributed by atoms with Crippen molar-refractivity contribution >= 4 is 29.9 Å². The van der Waals surface area contributed by atoms with E-state index in [0.717, 1.165) is 5.56 Å². The van der Waals surface area contributed by atoms with Crippen molar-refractivity contribution in [3.05, 3.63) is 34.9 Å². The molecule has 1 amide bonds. The summed E-state index contributed by atoms with van der Waals surface area (Å²) < 4.78 is 0. The molecule has 108 valence electrons. The summed E-state index contributed by atoms with van der Waals surface area (Å²) in [6.07, 6.45) is 0. The lowest BCUT2D eigenvalue weighted by Gasteiger charge is -2.27. The van der Waals surface area contributed by atoms with E-state index >= 15 is 0 Å². The highest BCUT2D eigenvalue weighted by Gasteiger charge is 2.28. The lowest BCUT2D eigenvalue weighted by atomic mass is 9.86. The van der Waals surface area contributed by atoms with E-state index in [4.69, 9.17) is 17.3 Å². The summed E-state index contributed by atoms with van der Waals surface area (Å²) in [6, 6.07) is 6.81. The predicted molar refractivity (Wildman–Crippen MR) is 82.7 cm³/mol. The molecule has 0 aromatic heterocycles. The van der Waals surface area contributed by atoms with E-state index in [0.29, 0.717) is 5.02 Å². The molecule has 1 rings (SSSR count). The number of amides is 1. The number of hydrogen-bond donors (Lipinski definition) is 2. The average Bonchev–Trinajstić information content (AvgIpc) is 2.26. The van der Waals surface area contributed by atoms with Gasteiger partial charge >= 0.3 is 0 Å². The summed E-state index contributed by atoms with van der Waals surface area (Å²) in [5, 5.41) is 3.57. The smallest absolute Gasteiger partial charge is 0.237 e. The van der Waals surface area contributed by atoms with Gasteiger partial charge in [-0.2, -0.15) is 0 Å². The fraction of sp³-hybridized carbons (Fsp3) is 0.500. The topological polar surface area (TPSA) is 55.1 Å².